The van der Waals surface area contributed by atoms with Gasteiger partial charge in [0.1, 0.15) is 12.3 Å². The number of amides is 2. The first kappa shape index (κ1) is 25.1. The van der Waals surface area contributed by atoms with Crippen LogP contribution in [0.5, 0.6) is 0 Å². The molecule has 182 valence electrons. The first-order valence-corrected chi connectivity index (χ1v) is 11.0. The molecule has 3 rings (SSSR count). The number of carbonyl (C=O) groups is 2. The van der Waals surface area contributed by atoms with Crippen LogP contribution in [0.1, 0.15) is 47.6 Å². The minimum atomic E-state index is -4.57. The van der Waals surface area contributed by atoms with Crippen LogP contribution < -0.4 is 0 Å². The number of rotatable bonds is 9. The number of hydrogen-bond acceptors (Lipinski definition) is 3. The van der Waals surface area contributed by atoms with Crippen LogP contribution in [-0.2, 0) is 31.1 Å². The molecule has 0 radical (unpaired) electrons. The van der Waals surface area contributed by atoms with Crippen LogP contribution in [0.15, 0.2) is 65.4 Å². The maximum atomic E-state index is 13.4. The summed E-state index contributed by atoms with van der Waals surface area (Å²) < 4.78 is 46.8. The molecule has 2 amide bonds. The topological polar surface area (TPSA) is 58.7 Å². The van der Waals surface area contributed by atoms with Crippen LogP contribution in [0.2, 0.25) is 0 Å². The van der Waals surface area contributed by atoms with Crippen molar-refractivity contribution in [3.8, 4) is 0 Å². The summed E-state index contributed by atoms with van der Waals surface area (Å²) in [4.78, 5) is 29.5. The average molecular weight is 476 g/mol. The first-order chi connectivity index (χ1) is 16.1. The van der Waals surface area contributed by atoms with Gasteiger partial charge < -0.3 is 18.8 Å². The van der Waals surface area contributed by atoms with E-state index in [1.165, 1.54) is 23.3 Å². The molecule has 1 atom stereocenters. The van der Waals surface area contributed by atoms with Crippen LogP contribution in [-0.4, -0.2) is 38.8 Å². The molecule has 0 bridgehead atoms. The van der Waals surface area contributed by atoms with E-state index in [-0.39, 0.29) is 37.1 Å². The highest BCUT2D eigenvalue weighted by Crippen LogP contribution is 2.30. The van der Waals surface area contributed by atoms with E-state index in [0.717, 1.165) is 17.8 Å². The molecule has 0 saturated heterocycles. The summed E-state index contributed by atoms with van der Waals surface area (Å²) in [5.41, 5.74) is -0.126. The van der Waals surface area contributed by atoms with E-state index in [1.54, 1.807) is 24.0 Å². The second-order valence-corrected chi connectivity index (χ2v) is 8.21. The van der Waals surface area contributed by atoms with Crippen LogP contribution in [0.3, 0.4) is 0 Å². The zero-order chi connectivity index (χ0) is 24.9. The fourth-order valence-electron chi connectivity index (χ4n) is 3.57. The summed E-state index contributed by atoms with van der Waals surface area (Å²) in [7, 11) is 1.87. The maximum absolute atomic E-state index is 13.4. The fourth-order valence-corrected chi connectivity index (χ4v) is 3.57. The third kappa shape index (κ3) is 6.09. The molecule has 2 aromatic heterocycles. The third-order valence-corrected chi connectivity index (χ3v) is 5.81. The minimum absolute atomic E-state index is 0.108. The van der Waals surface area contributed by atoms with Gasteiger partial charge in [0.2, 0.25) is 5.91 Å². The van der Waals surface area contributed by atoms with E-state index in [4.69, 9.17) is 4.42 Å². The van der Waals surface area contributed by atoms with E-state index in [0.29, 0.717) is 12.2 Å². The Kier molecular flexibility index (Phi) is 7.86. The predicted molar refractivity (Wildman–Crippen MR) is 121 cm³/mol. The van der Waals surface area contributed by atoms with Crippen molar-refractivity contribution in [3.05, 3.63) is 83.6 Å². The summed E-state index contributed by atoms with van der Waals surface area (Å²) in [6, 6.07) is 11.2. The molecule has 34 heavy (non-hydrogen) atoms. The standard InChI is InChI=1S/C25H28F3N3O3/c1-4-18(2)31(24(33)19-8-5-9-20(14-19)25(26,27)28)17-23(32)30(16-22-11-7-13-34-22)15-21-10-6-12-29(21)3/h5-14,18H,4,15-17H2,1-3H3. The van der Waals surface area contributed by atoms with Gasteiger partial charge in [-0.1, -0.05) is 13.0 Å². The van der Waals surface area contributed by atoms with Crippen molar-refractivity contribution in [1.29, 1.82) is 0 Å². The lowest BCUT2D eigenvalue weighted by atomic mass is 10.1. The first-order valence-electron chi connectivity index (χ1n) is 11.0. The van der Waals surface area contributed by atoms with Crippen molar-refractivity contribution >= 4 is 11.8 Å². The summed E-state index contributed by atoms with van der Waals surface area (Å²) in [5, 5.41) is 0. The van der Waals surface area contributed by atoms with E-state index in [1.807, 2.05) is 36.9 Å². The van der Waals surface area contributed by atoms with E-state index in [2.05, 4.69) is 0 Å². The van der Waals surface area contributed by atoms with Gasteiger partial charge in [0.05, 0.1) is 24.9 Å². The molecule has 9 heteroatoms. The monoisotopic (exact) mass is 475 g/mol. The highest BCUT2D eigenvalue weighted by Gasteiger charge is 2.32. The Morgan fingerprint density at radius 3 is 2.44 bits per heavy atom. The molecule has 0 aliphatic rings. The zero-order valence-corrected chi connectivity index (χ0v) is 19.4. The Morgan fingerprint density at radius 1 is 1.09 bits per heavy atom. The zero-order valence-electron chi connectivity index (χ0n) is 19.4. The van der Waals surface area contributed by atoms with Gasteiger partial charge in [-0.2, -0.15) is 13.2 Å². The summed E-state index contributed by atoms with van der Waals surface area (Å²) in [6.07, 6.45) is -0.646. The van der Waals surface area contributed by atoms with Gasteiger partial charge in [-0.3, -0.25) is 9.59 Å². The third-order valence-electron chi connectivity index (χ3n) is 5.81. The Hall–Kier alpha value is -3.49. The van der Waals surface area contributed by atoms with E-state index >= 15 is 0 Å². The van der Waals surface area contributed by atoms with Gasteiger partial charge in [-0.15, -0.1) is 0 Å². The molecule has 0 spiro atoms. The Labute approximate surface area is 196 Å². The van der Waals surface area contributed by atoms with Gasteiger partial charge in [-0.25, -0.2) is 0 Å². The number of halogens is 3. The predicted octanol–water partition coefficient (Wildman–Crippen LogP) is 5.11. The molecule has 1 aromatic carbocycles. The molecule has 0 aliphatic heterocycles. The number of furan rings is 1. The van der Waals surface area contributed by atoms with Gasteiger partial charge in [0, 0.05) is 30.5 Å². The minimum Gasteiger partial charge on any atom is -0.467 e. The molecule has 3 aromatic rings. The van der Waals surface area contributed by atoms with E-state index in [9.17, 15) is 22.8 Å². The van der Waals surface area contributed by atoms with Crippen molar-refractivity contribution in [3.63, 3.8) is 0 Å². The van der Waals surface area contributed by atoms with Crippen LogP contribution in [0.25, 0.3) is 0 Å². The van der Waals surface area contributed by atoms with Crippen molar-refractivity contribution < 1.29 is 27.2 Å². The molecule has 0 aliphatic carbocycles. The maximum Gasteiger partial charge on any atom is 0.416 e. The van der Waals surface area contributed by atoms with Crippen molar-refractivity contribution in [2.75, 3.05) is 6.54 Å². The van der Waals surface area contributed by atoms with Crippen molar-refractivity contribution in [2.24, 2.45) is 7.05 Å². The number of carbonyl (C=O) groups excluding carboxylic acids is 2. The second kappa shape index (κ2) is 10.6. The normalized spacial score (nSPS) is 12.4. The van der Waals surface area contributed by atoms with Gasteiger partial charge >= 0.3 is 6.18 Å². The molecular weight excluding hydrogens is 447 g/mol. The van der Waals surface area contributed by atoms with Gasteiger partial charge in [0.15, 0.2) is 0 Å². The molecule has 0 N–H and O–H groups in total. The summed E-state index contributed by atoms with van der Waals surface area (Å²) >= 11 is 0. The van der Waals surface area contributed by atoms with Crippen molar-refractivity contribution in [2.45, 2.75) is 45.6 Å². The molecule has 6 nitrogen and oxygen atoms in total. The fraction of sp³-hybridized carbons (Fsp3) is 0.360. The highest BCUT2D eigenvalue weighted by atomic mass is 19.4. The van der Waals surface area contributed by atoms with Crippen molar-refractivity contribution in [1.82, 2.24) is 14.4 Å². The largest absolute Gasteiger partial charge is 0.467 e. The van der Waals surface area contributed by atoms with Crippen LogP contribution in [0.4, 0.5) is 13.2 Å². The SMILES string of the molecule is CCC(C)N(CC(=O)N(Cc1ccco1)Cc1cccn1C)C(=O)c1cccc(C(F)(F)F)c1. The number of benzene rings is 1. The van der Waals surface area contributed by atoms with Gasteiger partial charge in [0.25, 0.3) is 5.91 Å². The smallest absolute Gasteiger partial charge is 0.416 e. The molecule has 1 unspecified atom stereocenters. The number of aryl methyl sites for hydroxylation is 1. The lowest BCUT2D eigenvalue weighted by Crippen LogP contribution is -2.46. The second-order valence-electron chi connectivity index (χ2n) is 8.21. The van der Waals surface area contributed by atoms with Crippen LogP contribution in [0, 0.1) is 0 Å². The Bertz CT molecular complexity index is 1110. The molecular formula is C25H28F3N3O3. The lowest BCUT2D eigenvalue weighted by Gasteiger charge is -2.31. The van der Waals surface area contributed by atoms with E-state index < -0.39 is 17.6 Å². The van der Waals surface area contributed by atoms with Crippen LogP contribution >= 0.6 is 0 Å². The average Bonchev–Trinajstić information content (AvgIpc) is 3.47. The number of nitrogens with zero attached hydrogens (tertiary/aromatic N) is 3. The summed E-state index contributed by atoms with van der Waals surface area (Å²) in [5.74, 6) is -0.370. The Balaban J connectivity index is 1.86. The molecule has 2 heterocycles. The molecule has 0 fully saturated rings. The number of hydrogen-bond donors (Lipinski definition) is 0. The number of aromatic nitrogens is 1. The quantitative estimate of drug-likeness (QED) is 0.432. The highest BCUT2D eigenvalue weighted by molar-refractivity contribution is 5.97. The summed E-state index contributed by atoms with van der Waals surface area (Å²) in [6.45, 7) is 3.84. The molecule has 0 saturated carbocycles. The number of alkyl halides is 3. The van der Waals surface area contributed by atoms with Gasteiger partial charge in [-0.05, 0) is 55.8 Å². The lowest BCUT2D eigenvalue weighted by molar-refractivity contribution is -0.137. The Morgan fingerprint density at radius 2 is 1.85 bits per heavy atom.